The molecule has 0 N–H and O–H groups in total. The number of hydrogen-bond donors (Lipinski definition) is 0. The topological polar surface area (TPSA) is 26.0 Å². The average Bonchev–Trinajstić information content (AvgIpc) is 3.19. The quantitative estimate of drug-likeness (QED) is 0.318. The molecule has 2 nitrogen and oxygen atoms in total. The van der Waals surface area contributed by atoms with Gasteiger partial charge in [-0.25, -0.2) is 0 Å². The highest BCUT2D eigenvalue weighted by Gasteiger charge is 2.29. The molecule has 1 aliphatic rings. The molecular weight excluding hydrogens is 365 g/mol. The first-order chi connectivity index (χ1) is 14.7. The van der Waals surface area contributed by atoms with E-state index < -0.39 is 0 Å². The second-order valence-corrected chi connectivity index (χ2v) is 9.00. The van der Waals surface area contributed by atoms with Gasteiger partial charge in [0.15, 0.2) is 0 Å². The molecule has 3 aromatic carbocycles. The Kier molecular flexibility index (Phi) is 3.99. The predicted octanol–water partition coefficient (Wildman–Crippen LogP) is 6.59. The number of pyridine rings is 1. The summed E-state index contributed by atoms with van der Waals surface area (Å²) in [6.07, 6.45) is 8.50. The summed E-state index contributed by atoms with van der Waals surface area (Å²) in [5.41, 5.74) is 5.39. The van der Waals surface area contributed by atoms with Crippen molar-refractivity contribution < 1.29 is 4.42 Å². The van der Waals surface area contributed by atoms with E-state index in [0.717, 1.165) is 33.2 Å². The van der Waals surface area contributed by atoms with Gasteiger partial charge in [-0.1, -0.05) is 74.6 Å². The van der Waals surface area contributed by atoms with Gasteiger partial charge in [0.05, 0.1) is 5.69 Å². The summed E-state index contributed by atoms with van der Waals surface area (Å²) in [6.45, 7) is 0. The fourth-order valence-corrected chi connectivity index (χ4v) is 5.30. The molecule has 0 saturated heterocycles. The van der Waals surface area contributed by atoms with Gasteiger partial charge in [-0.15, -0.1) is 0 Å². The Labute approximate surface area is 177 Å². The third-order valence-electron chi connectivity index (χ3n) is 7.08. The molecule has 0 spiro atoms. The van der Waals surface area contributed by atoms with Gasteiger partial charge in [0.25, 0.3) is 0 Å². The molecule has 3 heteroatoms. The first-order valence-electron chi connectivity index (χ1n) is 11.0. The summed E-state index contributed by atoms with van der Waals surface area (Å²) in [4.78, 5) is 4.76. The molecule has 2 aromatic heterocycles. The van der Waals surface area contributed by atoms with Gasteiger partial charge in [-0.05, 0) is 40.5 Å². The highest BCUT2D eigenvalue weighted by Crippen LogP contribution is 2.40. The number of aromatic nitrogens is 1. The number of furan rings is 1. The number of fused-ring (bicyclic) bond motifs is 5. The van der Waals surface area contributed by atoms with E-state index in [-0.39, 0.29) is 5.31 Å². The van der Waals surface area contributed by atoms with Crippen LogP contribution in [0.25, 0.3) is 44.0 Å². The molecular formula is C27H24BNO. The van der Waals surface area contributed by atoms with E-state index in [1.54, 1.807) is 0 Å². The van der Waals surface area contributed by atoms with E-state index in [4.69, 9.17) is 9.40 Å². The van der Waals surface area contributed by atoms with Crippen LogP contribution in [0.3, 0.4) is 0 Å². The average molecular weight is 389 g/mol. The van der Waals surface area contributed by atoms with Crippen LogP contribution < -0.4 is 0 Å². The molecule has 0 radical (unpaired) electrons. The minimum atomic E-state index is 0.258. The van der Waals surface area contributed by atoms with Gasteiger partial charge in [0.1, 0.15) is 19.0 Å². The van der Waals surface area contributed by atoms with E-state index in [9.17, 15) is 0 Å². The van der Waals surface area contributed by atoms with E-state index >= 15 is 0 Å². The van der Waals surface area contributed by atoms with Crippen LogP contribution in [-0.4, -0.2) is 12.8 Å². The lowest BCUT2D eigenvalue weighted by Crippen LogP contribution is -2.29. The molecule has 0 unspecified atom stereocenters. The van der Waals surface area contributed by atoms with Crippen LogP contribution in [0.2, 0.25) is 0 Å². The van der Waals surface area contributed by atoms with Crippen LogP contribution in [0.5, 0.6) is 0 Å². The van der Waals surface area contributed by atoms with Crippen molar-refractivity contribution in [3.8, 4) is 11.3 Å². The lowest BCUT2D eigenvalue weighted by atomic mass is 9.57. The van der Waals surface area contributed by atoms with Crippen molar-refractivity contribution in [2.24, 2.45) is 0 Å². The van der Waals surface area contributed by atoms with Crippen LogP contribution in [-0.2, 0) is 5.31 Å². The van der Waals surface area contributed by atoms with Crippen LogP contribution in [0.15, 0.2) is 77.3 Å². The Morgan fingerprint density at radius 1 is 0.767 bits per heavy atom. The highest BCUT2D eigenvalue weighted by molar-refractivity contribution is 6.17. The largest absolute Gasteiger partial charge is 0.455 e. The number of benzene rings is 3. The maximum Gasteiger partial charge on any atom is 0.144 e. The minimum Gasteiger partial charge on any atom is -0.455 e. The summed E-state index contributed by atoms with van der Waals surface area (Å²) < 4.78 is 6.52. The van der Waals surface area contributed by atoms with Gasteiger partial charge in [-0.2, -0.15) is 0 Å². The monoisotopic (exact) mass is 389 g/mol. The summed E-state index contributed by atoms with van der Waals surface area (Å²) in [6, 6.07) is 23.7. The van der Waals surface area contributed by atoms with Gasteiger partial charge >= 0.3 is 0 Å². The Hall–Kier alpha value is -3.07. The van der Waals surface area contributed by atoms with E-state index in [2.05, 4.69) is 74.6 Å². The first-order valence-corrected chi connectivity index (χ1v) is 11.0. The second kappa shape index (κ2) is 6.73. The summed E-state index contributed by atoms with van der Waals surface area (Å²) in [5, 5.41) is 4.95. The van der Waals surface area contributed by atoms with Crippen LogP contribution in [0, 0.1) is 0 Å². The van der Waals surface area contributed by atoms with Gasteiger partial charge in [0.2, 0.25) is 0 Å². The zero-order valence-electron chi connectivity index (χ0n) is 17.3. The SMILES string of the molecule is BC1(c2ccnc(-c3cccc4c3oc3c5ccccc5ccc43)c2)CCCCC1. The predicted molar refractivity (Wildman–Crippen MR) is 128 cm³/mol. The standard InChI is InChI=1S/C27H24BNO/c28-27(14-4-1-5-15-27)19-13-16-29-24(17-19)23-10-6-9-21-22-12-11-18-7-2-3-8-20(18)25(22)30-26(21)23/h2-3,6-13,16-17H,1,4-5,14-15,28H2. The van der Waals surface area contributed by atoms with E-state index in [0.29, 0.717) is 0 Å². The summed E-state index contributed by atoms with van der Waals surface area (Å²) in [7, 11) is 2.42. The molecule has 1 aliphatic carbocycles. The fourth-order valence-electron chi connectivity index (χ4n) is 5.30. The number of nitrogens with zero attached hydrogens (tertiary/aromatic N) is 1. The van der Waals surface area contributed by atoms with Crippen molar-refractivity contribution in [1.82, 2.24) is 4.98 Å². The zero-order valence-corrected chi connectivity index (χ0v) is 17.3. The van der Waals surface area contributed by atoms with Gasteiger partial charge in [-0.3, -0.25) is 4.98 Å². The second-order valence-electron chi connectivity index (χ2n) is 9.00. The molecule has 1 saturated carbocycles. The maximum atomic E-state index is 6.52. The summed E-state index contributed by atoms with van der Waals surface area (Å²) >= 11 is 0. The molecule has 0 amide bonds. The zero-order chi connectivity index (χ0) is 20.1. The van der Waals surface area contributed by atoms with Crippen molar-refractivity contribution in [3.63, 3.8) is 0 Å². The maximum absolute atomic E-state index is 6.52. The molecule has 0 aliphatic heterocycles. The van der Waals surface area contributed by atoms with Crippen LogP contribution >= 0.6 is 0 Å². The Balaban J connectivity index is 1.57. The van der Waals surface area contributed by atoms with Crippen molar-refractivity contribution in [1.29, 1.82) is 0 Å². The van der Waals surface area contributed by atoms with Crippen molar-refractivity contribution in [3.05, 3.63) is 78.5 Å². The van der Waals surface area contributed by atoms with Gasteiger partial charge < -0.3 is 4.42 Å². The fraction of sp³-hybridized carbons (Fsp3) is 0.222. The van der Waals surface area contributed by atoms with Crippen LogP contribution in [0.1, 0.15) is 37.7 Å². The number of rotatable bonds is 2. The van der Waals surface area contributed by atoms with E-state index in [1.807, 2.05) is 6.20 Å². The Morgan fingerprint density at radius 3 is 2.47 bits per heavy atom. The molecule has 0 atom stereocenters. The number of hydrogen-bond acceptors (Lipinski definition) is 2. The third kappa shape index (κ3) is 2.69. The number of para-hydroxylation sites is 1. The van der Waals surface area contributed by atoms with Crippen LogP contribution in [0.4, 0.5) is 0 Å². The molecule has 0 bridgehead atoms. The lowest BCUT2D eigenvalue weighted by molar-refractivity contribution is 0.398. The van der Waals surface area contributed by atoms with Crippen molar-refractivity contribution >= 4 is 40.6 Å². The molecule has 30 heavy (non-hydrogen) atoms. The van der Waals surface area contributed by atoms with Crippen molar-refractivity contribution in [2.75, 3.05) is 0 Å². The molecule has 2 heterocycles. The first kappa shape index (κ1) is 17.8. The van der Waals surface area contributed by atoms with E-state index in [1.165, 1.54) is 48.4 Å². The molecule has 6 rings (SSSR count). The Morgan fingerprint density at radius 2 is 1.57 bits per heavy atom. The van der Waals surface area contributed by atoms with Gasteiger partial charge in [0, 0.05) is 27.9 Å². The molecule has 5 aromatic rings. The third-order valence-corrected chi connectivity index (χ3v) is 7.08. The normalized spacial score (nSPS) is 16.4. The molecule has 146 valence electrons. The molecule has 1 fully saturated rings. The lowest BCUT2D eigenvalue weighted by Gasteiger charge is -2.34. The minimum absolute atomic E-state index is 0.258. The Bertz CT molecular complexity index is 1390. The van der Waals surface area contributed by atoms with Crippen molar-refractivity contribution in [2.45, 2.75) is 37.4 Å². The smallest absolute Gasteiger partial charge is 0.144 e. The summed E-state index contributed by atoms with van der Waals surface area (Å²) in [5.74, 6) is 0. The highest BCUT2D eigenvalue weighted by atomic mass is 16.3.